The Labute approximate surface area is 140 Å². The van der Waals surface area contributed by atoms with Crippen molar-refractivity contribution < 1.29 is 4.74 Å². The average molecular weight is 327 g/mol. The van der Waals surface area contributed by atoms with Crippen molar-refractivity contribution in [3.8, 4) is 0 Å². The highest BCUT2D eigenvalue weighted by Gasteiger charge is 2.32. The van der Waals surface area contributed by atoms with Crippen LogP contribution in [0.5, 0.6) is 0 Å². The van der Waals surface area contributed by atoms with Crippen LogP contribution in [0.2, 0.25) is 0 Å². The number of nitrogens with zero attached hydrogens (tertiary/aromatic N) is 4. The number of ether oxygens (including phenoxy) is 1. The molecule has 0 spiro atoms. The Balaban J connectivity index is 1.62. The van der Waals surface area contributed by atoms with Gasteiger partial charge in [-0.25, -0.2) is 14.6 Å². The van der Waals surface area contributed by atoms with Gasteiger partial charge in [0.15, 0.2) is 0 Å². The first-order valence-corrected chi connectivity index (χ1v) is 8.45. The predicted molar refractivity (Wildman–Crippen MR) is 89.2 cm³/mol. The van der Waals surface area contributed by atoms with Gasteiger partial charge in [0.05, 0.1) is 24.9 Å². The summed E-state index contributed by atoms with van der Waals surface area (Å²) in [7, 11) is 0. The van der Waals surface area contributed by atoms with E-state index in [0.29, 0.717) is 13.2 Å². The third-order valence-electron chi connectivity index (χ3n) is 4.73. The monoisotopic (exact) mass is 327 g/mol. The van der Waals surface area contributed by atoms with Crippen LogP contribution in [0.25, 0.3) is 0 Å². The first kappa shape index (κ1) is 15.3. The summed E-state index contributed by atoms with van der Waals surface area (Å²) in [5.74, 6) is 0.744. The molecule has 2 aliphatic rings. The molecule has 1 saturated heterocycles. The van der Waals surface area contributed by atoms with Gasteiger partial charge in [0.25, 0.3) is 5.56 Å². The Hall–Kier alpha value is -2.28. The quantitative estimate of drug-likeness (QED) is 0.914. The van der Waals surface area contributed by atoms with Crippen molar-refractivity contribution in [1.29, 1.82) is 0 Å². The zero-order valence-corrected chi connectivity index (χ0v) is 13.7. The second-order valence-electron chi connectivity index (χ2n) is 6.51. The maximum absolute atomic E-state index is 12.5. The highest BCUT2D eigenvalue weighted by atomic mass is 16.5. The molecule has 1 N–H and O–H groups in total. The molecule has 24 heavy (non-hydrogen) atoms. The van der Waals surface area contributed by atoms with Crippen molar-refractivity contribution in [2.45, 2.75) is 44.7 Å². The van der Waals surface area contributed by atoms with Crippen LogP contribution in [0.4, 0.5) is 5.82 Å². The third-order valence-corrected chi connectivity index (χ3v) is 4.73. The zero-order valence-electron chi connectivity index (χ0n) is 13.7. The fourth-order valence-electron chi connectivity index (χ4n) is 3.46. The smallest absolute Gasteiger partial charge is 0.267 e. The van der Waals surface area contributed by atoms with E-state index in [1.807, 2.05) is 13.0 Å². The Bertz CT molecular complexity index is 804. The summed E-state index contributed by atoms with van der Waals surface area (Å²) >= 11 is 0. The maximum Gasteiger partial charge on any atom is 0.267 e. The van der Waals surface area contributed by atoms with Gasteiger partial charge in [0.1, 0.15) is 18.2 Å². The van der Waals surface area contributed by atoms with Gasteiger partial charge in [0.2, 0.25) is 0 Å². The summed E-state index contributed by atoms with van der Waals surface area (Å²) < 4.78 is 7.22. The Kier molecular flexibility index (Phi) is 4.02. The van der Waals surface area contributed by atoms with E-state index in [-0.39, 0.29) is 17.6 Å². The summed E-state index contributed by atoms with van der Waals surface area (Å²) in [5.41, 5.74) is 3.02. The fourth-order valence-corrected chi connectivity index (χ4v) is 3.46. The lowest BCUT2D eigenvalue weighted by Gasteiger charge is -2.23. The number of hydrogen-bond acceptors (Lipinski definition) is 6. The molecule has 3 heterocycles. The van der Waals surface area contributed by atoms with Gasteiger partial charge in [-0.2, -0.15) is 5.10 Å². The van der Waals surface area contributed by atoms with Crippen molar-refractivity contribution >= 4 is 5.82 Å². The number of rotatable bonds is 3. The van der Waals surface area contributed by atoms with Crippen LogP contribution >= 0.6 is 0 Å². The molecule has 2 unspecified atom stereocenters. The Morgan fingerprint density at radius 1 is 1.21 bits per heavy atom. The predicted octanol–water partition coefficient (Wildman–Crippen LogP) is 1.27. The molecule has 0 amide bonds. The van der Waals surface area contributed by atoms with E-state index in [1.165, 1.54) is 6.33 Å². The molecular formula is C17H21N5O2. The van der Waals surface area contributed by atoms with Crippen LogP contribution in [0.15, 0.2) is 23.3 Å². The lowest BCUT2D eigenvalue weighted by Crippen LogP contribution is -2.38. The summed E-state index contributed by atoms with van der Waals surface area (Å²) in [6, 6.07) is 3.48. The van der Waals surface area contributed by atoms with E-state index < -0.39 is 0 Å². The van der Waals surface area contributed by atoms with Crippen molar-refractivity contribution in [3.05, 3.63) is 45.8 Å². The molecule has 4 rings (SSSR count). The highest BCUT2D eigenvalue weighted by molar-refractivity contribution is 5.36. The second kappa shape index (κ2) is 6.32. The van der Waals surface area contributed by atoms with E-state index in [4.69, 9.17) is 4.74 Å². The van der Waals surface area contributed by atoms with Gasteiger partial charge in [-0.05, 0) is 38.2 Å². The van der Waals surface area contributed by atoms with E-state index in [1.54, 1.807) is 10.7 Å². The van der Waals surface area contributed by atoms with Crippen molar-refractivity contribution in [2.24, 2.45) is 0 Å². The minimum absolute atomic E-state index is 0.0360. The second-order valence-corrected chi connectivity index (χ2v) is 6.51. The van der Waals surface area contributed by atoms with Crippen LogP contribution in [0.3, 0.4) is 0 Å². The van der Waals surface area contributed by atoms with Crippen molar-refractivity contribution in [3.63, 3.8) is 0 Å². The topological polar surface area (TPSA) is 81.9 Å². The molecule has 1 aliphatic heterocycles. The summed E-state index contributed by atoms with van der Waals surface area (Å²) in [6.07, 6.45) is 5.73. The average Bonchev–Trinajstić information content (AvgIpc) is 3.02. The molecular weight excluding hydrogens is 306 g/mol. The molecule has 1 fully saturated rings. The Morgan fingerprint density at radius 3 is 2.96 bits per heavy atom. The fraction of sp³-hybridized carbons (Fsp3) is 0.529. The van der Waals surface area contributed by atoms with Crippen LogP contribution in [0, 0.1) is 6.92 Å². The molecule has 7 heteroatoms. The standard InChI is InChI=1S/C17H21N5O2/c1-11-6-16(19-10-18-11)20-14-8-24-9-15(14)22-17(23)7-12-4-2-3-5-13(12)21-22/h6-7,10,14-15H,2-5,8-9H2,1H3,(H,18,19,20). The molecule has 2 aromatic rings. The minimum Gasteiger partial charge on any atom is -0.377 e. The summed E-state index contributed by atoms with van der Waals surface area (Å²) in [4.78, 5) is 20.9. The minimum atomic E-state index is -0.125. The number of aryl methyl sites for hydroxylation is 3. The molecule has 0 radical (unpaired) electrons. The van der Waals surface area contributed by atoms with Crippen LogP contribution in [-0.4, -0.2) is 39.0 Å². The van der Waals surface area contributed by atoms with Gasteiger partial charge in [-0.3, -0.25) is 4.79 Å². The number of fused-ring (bicyclic) bond motifs is 1. The van der Waals surface area contributed by atoms with Crippen LogP contribution < -0.4 is 10.9 Å². The molecule has 0 bridgehead atoms. The molecule has 0 saturated carbocycles. The van der Waals surface area contributed by atoms with Crippen molar-refractivity contribution in [2.75, 3.05) is 18.5 Å². The lowest BCUT2D eigenvalue weighted by molar-refractivity contribution is 0.182. The molecule has 2 atom stereocenters. The van der Waals surface area contributed by atoms with Gasteiger partial charge >= 0.3 is 0 Å². The van der Waals surface area contributed by atoms with Gasteiger partial charge in [-0.15, -0.1) is 0 Å². The summed E-state index contributed by atoms with van der Waals surface area (Å²) in [6.45, 7) is 2.93. The highest BCUT2D eigenvalue weighted by Crippen LogP contribution is 2.23. The lowest BCUT2D eigenvalue weighted by atomic mass is 9.97. The van der Waals surface area contributed by atoms with E-state index >= 15 is 0 Å². The molecule has 2 aromatic heterocycles. The van der Waals surface area contributed by atoms with Crippen LogP contribution in [0.1, 0.15) is 35.8 Å². The van der Waals surface area contributed by atoms with Gasteiger partial charge < -0.3 is 10.1 Å². The maximum atomic E-state index is 12.5. The SMILES string of the molecule is Cc1cc(NC2COCC2n2nc3c(cc2=O)CCCC3)ncn1. The molecule has 0 aromatic carbocycles. The molecule has 126 valence electrons. The van der Waals surface area contributed by atoms with Crippen molar-refractivity contribution in [1.82, 2.24) is 19.7 Å². The van der Waals surface area contributed by atoms with Gasteiger partial charge in [0, 0.05) is 17.8 Å². The molecule has 1 aliphatic carbocycles. The number of aromatic nitrogens is 4. The van der Waals surface area contributed by atoms with Gasteiger partial charge in [-0.1, -0.05) is 0 Å². The van der Waals surface area contributed by atoms with Crippen LogP contribution in [-0.2, 0) is 17.6 Å². The van der Waals surface area contributed by atoms with E-state index in [9.17, 15) is 4.79 Å². The first-order chi connectivity index (χ1) is 11.7. The normalized spacial score (nSPS) is 23.0. The Morgan fingerprint density at radius 2 is 2.08 bits per heavy atom. The van der Waals surface area contributed by atoms with E-state index in [2.05, 4.69) is 20.4 Å². The number of nitrogens with one attached hydrogen (secondary N) is 1. The van der Waals surface area contributed by atoms with E-state index in [0.717, 1.165) is 48.5 Å². The number of hydrogen-bond donors (Lipinski definition) is 1. The largest absolute Gasteiger partial charge is 0.377 e. The summed E-state index contributed by atoms with van der Waals surface area (Å²) in [5, 5.41) is 8.02. The zero-order chi connectivity index (χ0) is 16.5. The number of anilines is 1. The third kappa shape index (κ3) is 2.91. The first-order valence-electron chi connectivity index (χ1n) is 8.45. The molecule has 7 nitrogen and oxygen atoms in total.